The van der Waals surface area contributed by atoms with E-state index in [-0.39, 0.29) is 29.9 Å². The number of halogens is 1. The quantitative estimate of drug-likeness (QED) is 0.220. The standard InChI is InChI=1S/C33H46ClN3O6/c1-20(2)15-26(31(39)36-27(16-21(3)4)32(40)37-28(17-22(5)6)33(41)42-7)35-30(38)25-18-24(34)13-14-29(25)43-19-23-11-9-8-10-12-23/h8-14,18,20-22,26-28H,15-17,19H2,1-7H3,(H,35,38)(H,36,39)(H,37,40)/t26-,27-,28-/m0/s1. The summed E-state index contributed by atoms with van der Waals surface area (Å²) < 4.78 is 10.8. The molecule has 43 heavy (non-hydrogen) atoms. The van der Waals surface area contributed by atoms with Gasteiger partial charge in [0.1, 0.15) is 30.5 Å². The van der Waals surface area contributed by atoms with Crippen molar-refractivity contribution in [3.63, 3.8) is 0 Å². The highest BCUT2D eigenvalue weighted by Crippen LogP contribution is 2.24. The first kappa shape index (κ1) is 35.6. The van der Waals surface area contributed by atoms with Crippen molar-refractivity contribution in [1.82, 2.24) is 16.0 Å². The molecule has 2 rings (SSSR count). The van der Waals surface area contributed by atoms with Crippen molar-refractivity contribution in [1.29, 1.82) is 0 Å². The van der Waals surface area contributed by atoms with Gasteiger partial charge < -0.3 is 25.4 Å². The van der Waals surface area contributed by atoms with E-state index >= 15 is 0 Å². The molecule has 2 aromatic rings. The number of benzene rings is 2. The second-order valence-electron chi connectivity index (χ2n) is 12.0. The summed E-state index contributed by atoms with van der Waals surface area (Å²) in [5, 5.41) is 8.75. The molecule has 0 spiro atoms. The zero-order valence-corrected chi connectivity index (χ0v) is 27.0. The Labute approximate surface area is 260 Å². The molecular weight excluding hydrogens is 570 g/mol. The van der Waals surface area contributed by atoms with Gasteiger partial charge in [0, 0.05) is 5.02 Å². The van der Waals surface area contributed by atoms with Crippen LogP contribution in [0.3, 0.4) is 0 Å². The Bertz CT molecular complexity index is 1220. The van der Waals surface area contributed by atoms with E-state index < -0.39 is 41.8 Å². The SMILES string of the molecule is COC(=O)[C@H](CC(C)C)NC(=O)[C@H](CC(C)C)NC(=O)[C@H](CC(C)C)NC(=O)c1cc(Cl)ccc1OCc1ccccc1. The molecule has 3 N–H and O–H groups in total. The number of hydrogen-bond acceptors (Lipinski definition) is 6. The van der Waals surface area contributed by atoms with E-state index in [1.165, 1.54) is 13.2 Å². The van der Waals surface area contributed by atoms with Gasteiger partial charge in [0.15, 0.2) is 0 Å². The number of esters is 1. The highest BCUT2D eigenvalue weighted by Gasteiger charge is 2.31. The minimum absolute atomic E-state index is 0.0522. The lowest BCUT2D eigenvalue weighted by Gasteiger charge is -2.27. The maximum atomic E-state index is 13.6. The van der Waals surface area contributed by atoms with E-state index in [1.54, 1.807) is 12.1 Å². The third-order valence-electron chi connectivity index (χ3n) is 6.60. The van der Waals surface area contributed by atoms with Gasteiger partial charge in [-0.2, -0.15) is 0 Å². The highest BCUT2D eigenvalue weighted by atomic mass is 35.5. The van der Waals surface area contributed by atoms with Crippen LogP contribution in [-0.4, -0.2) is 48.9 Å². The summed E-state index contributed by atoms with van der Waals surface area (Å²) >= 11 is 6.23. The zero-order chi connectivity index (χ0) is 32.1. The Balaban J connectivity index is 2.25. The summed E-state index contributed by atoms with van der Waals surface area (Å²) in [6, 6.07) is 11.6. The Morgan fingerprint density at radius 2 is 1.23 bits per heavy atom. The van der Waals surface area contributed by atoms with Crippen LogP contribution in [0.5, 0.6) is 5.75 Å². The van der Waals surface area contributed by atoms with E-state index in [0.717, 1.165) is 5.56 Å². The molecule has 10 heteroatoms. The predicted molar refractivity (Wildman–Crippen MR) is 168 cm³/mol. The zero-order valence-electron chi connectivity index (χ0n) is 26.2. The summed E-state index contributed by atoms with van der Waals surface area (Å²) in [4.78, 5) is 52.8. The van der Waals surface area contributed by atoms with Gasteiger partial charge >= 0.3 is 5.97 Å². The first-order valence-electron chi connectivity index (χ1n) is 14.8. The maximum absolute atomic E-state index is 13.6. The Kier molecular flexibility index (Phi) is 14.5. The van der Waals surface area contributed by atoms with Crippen molar-refractivity contribution in [2.45, 2.75) is 85.5 Å². The molecule has 3 amide bonds. The monoisotopic (exact) mass is 615 g/mol. The maximum Gasteiger partial charge on any atom is 0.328 e. The molecule has 0 aliphatic heterocycles. The highest BCUT2D eigenvalue weighted by molar-refractivity contribution is 6.31. The minimum Gasteiger partial charge on any atom is -0.488 e. The van der Waals surface area contributed by atoms with Crippen molar-refractivity contribution in [2.24, 2.45) is 17.8 Å². The minimum atomic E-state index is -0.942. The lowest BCUT2D eigenvalue weighted by atomic mass is 9.98. The van der Waals surface area contributed by atoms with Crippen LogP contribution in [0.4, 0.5) is 0 Å². The molecule has 0 saturated carbocycles. The van der Waals surface area contributed by atoms with Gasteiger partial charge in [0.05, 0.1) is 12.7 Å². The molecule has 0 radical (unpaired) electrons. The Hall–Kier alpha value is -3.59. The molecule has 0 heterocycles. The predicted octanol–water partition coefficient (Wildman–Crippen LogP) is 5.30. The number of ether oxygens (including phenoxy) is 2. The first-order valence-corrected chi connectivity index (χ1v) is 15.1. The molecule has 0 aromatic heterocycles. The van der Waals surface area contributed by atoms with Crippen LogP contribution < -0.4 is 20.7 Å². The molecule has 0 unspecified atom stereocenters. The molecule has 2 aromatic carbocycles. The fourth-order valence-electron chi connectivity index (χ4n) is 4.56. The van der Waals surface area contributed by atoms with Gasteiger partial charge in [-0.1, -0.05) is 83.5 Å². The van der Waals surface area contributed by atoms with Crippen LogP contribution in [0.15, 0.2) is 48.5 Å². The summed E-state index contributed by atoms with van der Waals surface area (Å²) in [5.41, 5.74) is 1.12. The summed E-state index contributed by atoms with van der Waals surface area (Å²) in [6.45, 7) is 11.9. The molecule has 9 nitrogen and oxygen atoms in total. The number of carbonyl (C=O) groups excluding carboxylic acids is 4. The largest absolute Gasteiger partial charge is 0.488 e. The van der Waals surface area contributed by atoms with Gasteiger partial charge in [-0.15, -0.1) is 0 Å². The number of hydrogen-bond donors (Lipinski definition) is 3. The number of rotatable bonds is 16. The Morgan fingerprint density at radius 3 is 1.77 bits per heavy atom. The fraction of sp³-hybridized carbons (Fsp3) is 0.515. The van der Waals surface area contributed by atoms with E-state index in [1.807, 2.05) is 71.9 Å². The van der Waals surface area contributed by atoms with Crippen LogP contribution >= 0.6 is 11.6 Å². The van der Waals surface area contributed by atoms with Crippen LogP contribution in [0, 0.1) is 17.8 Å². The van der Waals surface area contributed by atoms with Crippen molar-refractivity contribution in [2.75, 3.05) is 7.11 Å². The van der Waals surface area contributed by atoms with E-state index in [2.05, 4.69) is 16.0 Å². The fourth-order valence-corrected chi connectivity index (χ4v) is 4.73. The smallest absolute Gasteiger partial charge is 0.328 e. The first-order chi connectivity index (χ1) is 20.3. The summed E-state index contributed by atoms with van der Waals surface area (Å²) in [6.07, 6.45) is 1.05. The third kappa shape index (κ3) is 12.3. The van der Waals surface area contributed by atoms with E-state index in [0.29, 0.717) is 30.0 Å². The summed E-state index contributed by atoms with van der Waals surface area (Å²) in [5.74, 6) is -1.50. The van der Waals surface area contributed by atoms with Crippen LogP contribution in [0.25, 0.3) is 0 Å². The van der Waals surface area contributed by atoms with Crippen LogP contribution in [0.1, 0.15) is 76.7 Å². The number of amides is 3. The molecule has 236 valence electrons. The van der Waals surface area contributed by atoms with E-state index in [4.69, 9.17) is 21.1 Å². The van der Waals surface area contributed by atoms with Gasteiger partial charge in [0.25, 0.3) is 5.91 Å². The molecular formula is C33H46ClN3O6. The van der Waals surface area contributed by atoms with Gasteiger partial charge in [-0.05, 0) is 60.8 Å². The Morgan fingerprint density at radius 1 is 0.721 bits per heavy atom. The van der Waals surface area contributed by atoms with E-state index in [9.17, 15) is 19.2 Å². The van der Waals surface area contributed by atoms with Crippen LogP contribution in [0.2, 0.25) is 5.02 Å². The van der Waals surface area contributed by atoms with Crippen molar-refractivity contribution in [3.05, 3.63) is 64.7 Å². The molecule has 3 atom stereocenters. The second kappa shape index (κ2) is 17.5. The van der Waals surface area contributed by atoms with Crippen molar-refractivity contribution >= 4 is 35.3 Å². The molecule has 0 saturated heterocycles. The third-order valence-corrected chi connectivity index (χ3v) is 6.84. The van der Waals surface area contributed by atoms with Gasteiger partial charge in [-0.25, -0.2) is 4.79 Å². The van der Waals surface area contributed by atoms with Crippen molar-refractivity contribution in [3.8, 4) is 5.75 Å². The molecule has 0 fully saturated rings. The molecule has 0 aliphatic carbocycles. The average molecular weight is 616 g/mol. The van der Waals surface area contributed by atoms with Gasteiger partial charge in [-0.3, -0.25) is 14.4 Å². The average Bonchev–Trinajstić information content (AvgIpc) is 2.94. The topological polar surface area (TPSA) is 123 Å². The van der Waals surface area contributed by atoms with Crippen LogP contribution in [-0.2, 0) is 25.7 Å². The van der Waals surface area contributed by atoms with Gasteiger partial charge in [0.2, 0.25) is 11.8 Å². The van der Waals surface area contributed by atoms with Crippen molar-refractivity contribution < 1.29 is 28.7 Å². The summed E-state index contributed by atoms with van der Waals surface area (Å²) in [7, 11) is 1.27. The number of nitrogens with one attached hydrogen (secondary N) is 3. The lowest BCUT2D eigenvalue weighted by Crippen LogP contribution is -2.56. The number of carbonyl (C=O) groups is 4. The normalized spacial score (nSPS) is 13.3. The lowest BCUT2D eigenvalue weighted by molar-refractivity contribution is -0.146. The second-order valence-corrected chi connectivity index (χ2v) is 12.4. The molecule has 0 aliphatic rings. The molecule has 0 bridgehead atoms. The number of methoxy groups -OCH3 is 1.